The van der Waals surface area contributed by atoms with E-state index in [1.54, 1.807) is 43.3 Å². The second kappa shape index (κ2) is 13.0. The van der Waals surface area contributed by atoms with Crippen LogP contribution < -0.4 is 19.8 Å². The minimum Gasteiger partial charge on any atom is -0.483 e. The summed E-state index contributed by atoms with van der Waals surface area (Å²) in [6.45, 7) is 1.60. The van der Waals surface area contributed by atoms with E-state index in [4.69, 9.17) is 9.47 Å². The van der Waals surface area contributed by atoms with Crippen LogP contribution in [0.1, 0.15) is 45.6 Å². The highest BCUT2D eigenvalue weighted by Gasteiger charge is 2.70. The first-order valence-corrected chi connectivity index (χ1v) is 18.4. The number of esters is 1. The highest BCUT2D eigenvalue weighted by molar-refractivity contribution is 8.00. The van der Waals surface area contributed by atoms with Crippen LogP contribution in [-0.4, -0.2) is 47.1 Å². The number of H-pyrrole nitrogens is 1. The van der Waals surface area contributed by atoms with E-state index >= 15 is 0 Å². The summed E-state index contributed by atoms with van der Waals surface area (Å²) < 4.78 is 51.8. The summed E-state index contributed by atoms with van der Waals surface area (Å²) in [7, 11) is 0. The number of hydrogen-bond donors (Lipinski definition) is 2. The SMILES string of the molecule is CCOC(=O)c1ccc(NC(=O)COc2ccccc2[C@H]2c3sc(=O)[nH]c3SC3C2[C@H]2C[C@@H]3C3C(=O)N(c4cccc(C(F)(F)F)c4)C(=O)C32)cc1. The van der Waals surface area contributed by atoms with Gasteiger partial charge in [-0.05, 0) is 79.6 Å². The molecule has 3 heterocycles. The largest absolute Gasteiger partial charge is 0.483 e. The summed E-state index contributed by atoms with van der Waals surface area (Å²) >= 11 is 2.56. The Labute approximate surface area is 302 Å². The Morgan fingerprint density at radius 2 is 1.69 bits per heavy atom. The van der Waals surface area contributed by atoms with Gasteiger partial charge >= 0.3 is 17.0 Å². The first kappa shape index (κ1) is 34.2. The molecule has 268 valence electrons. The van der Waals surface area contributed by atoms with Crippen molar-refractivity contribution in [3.05, 3.63) is 104 Å². The molecule has 4 unspecified atom stereocenters. The van der Waals surface area contributed by atoms with Gasteiger partial charge in [0.05, 0.1) is 40.3 Å². The molecule has 7 atom stereocenters. The number of imide groups is 1. The molecule has 2 aliphatic carbocycles. The molecule has 4 aliphatic rings. The highest BCUT2D eigenvalue weighted by atomic mass is 32.2. The number of aromatic nitrogens is 1. The fourth-order valence-electron chi connectivity index (χ4n) is 8.55. The molecule has 2 saturated carbocycles. The average Bonchev–Trinajstić information content (AvgIpc) is 3.86. The molecule has 52 heavy (non-hydrogen) atoms. The number of carbonyl (C=O) groups is 4. The predicted octanol–water partition coefficient (Wildman–Crippen LogP) is 6.33. The lowest BCUT2D eigenvalue weighted by molar-refractivity contribution is -0.137. The normalized spacial score (nSPS) is 25.8. The number of hydrogen-bond acceptors (Lipinski definition) is 9. The maximum atomic E-state index is 14.1. The van der Waals surface area contributed by atoms with Crippen LogP contribution in [0, 0.1) is 29.6 Å². The molecule has 1 saturated heterocycles. The maximum absolute atomic E-state index is 14.1. The zero-order chi connectivity index (χ0) is 36.5. The number of halogens is 3. The number of thioether (sulfide) groups is 1. The van der Waals surface area contributed by atoms with Gasteiger partial charge in [0.2, 0.25) is 11.8 Å². The molecule has 3 amide bonds. The van der Waals surface area contributed by atoms with Crippen molar-refractivity contribution in [2.75, 3.05) is 23.4 Å². The first-order valence-electron chi connectivity index (χ1n) is 16.7. The molecule has 1 aromatic heterocycles. The summed E-state index contributed by atoms with van der Waals surface area (Å²) in [6.07, 6.45) is -4.06. The van der Waals surface area contributed by atoms with Gasteiger partial charge < -0.3 is 19.8 Å². The minimum atomic E-state index is -4.64. The van der Waals surface area contributed by atoms with Crippen LogP contribution in [0.5, 0.6) is 5.75 Å². The Bertz CT molecular complexity index is 2170. The van der Waals surface area contributed by atoms with Gasteiger partial charge in [-0.15, -0.1) is 11.8 Å². The molecular weight excluding hydrogens is 720 g/mol. The number of alkyl halides is 3. The van der Waals surface area contributed by atoms with E-state index in [0.29, 0.717) is 28.4 Å². The number of benzene rings is 3. The Hall–Kier alpha value is -4.89. The van der Waals surface area contributed by atoms with Gasteiger partial charge in [-0.1, -0.05) is 35.6 Å². The molecule has 2 N–H and O–H groups in total. The monoisotopic (exact) mass is 749 g/mol. The molecule has 3 aromatic carbocycles. The highest BCUT2D eigenvalue weighted by Crippen LogP contribution is 2.69. The third-order valence-corrected chi connectivity index (χ3v) is 13.0. The number of nitrogens with one attached hydrogen (secondary N) is 2. The second-order valence-corrected chi connectivity index (χ2v) is 15.4. The Kier molecular flexibility index (Phi) is 8.52. The summed E-state index contributed by atoms with van der Waals surface area (Å²) in [6, 6.07) is 17.7. The van der Waals surface area contributed by atoms with Crippen LogP contribution in [0.3, 0.4) is 0 Å². The number of rotatable bonds is 8. The Morgan fingerprint density at radius 1 is 0.962 bits per heavy atom. The number of nitrogens with zero attached hydrogens (tertiary/aromatic N) is 1. The summed E-state index contributed by atoms with van der Waals surface area (Å²) in [5.74, 6) is -4.06. The van der Waals surface area contributed by atoms with Crippen LogP contribution in [0.2, 0.25) is 0 Å². The summed E-state index contributed by atoms with van der Waals surface area (Å²) in [5.41, 5.74) is 0.480. The van der Waals surface area contributed by atoms with Crippen molar-refractivity contribution in [1.82, 2.24) is 4.98 Å². The number of thiazole rings is 1. The van der Waals surface area contributed by atoms with Crippen molar-refractivity contribution in [2.45, 2.75) is 35.7 Å². The van der Waals surface area contributed by atoms with Crippen molar-refractivity contribution in [3.8, 4) is 5.75 Å². The predicted molar refractivity (Wildman–Crippen MR) is 185 cm³/mol. The Balaban J connectivity index is 1.07. The molecule has 3 fully saturated rings. The lowest BCUT2D eigenvalue weighted by atomic mass is 9.68. The van der Waals surface area contributed by atoms with Gasteiger partial charge in [-0.2, -0.15) is 13.2 Å². The molecule has 0 radical (unpaired) electrons. The van der Waals surface area contributed by atoms with Crippen molar-refractivity contribution in [3.63, 3.8) is 0 Å². The van der Waals surface area contributed by atoms with Gasteiger partial charge in [0, 0.05) is 27.3 Å². The number of ether oxygens (including phenoxy) is 2. The zero-order valence-corrected chi connectivity index (χ0v) is 29.0. The maximum Gasteiger partial charge on any atom is 0.416 e. The fourth-order valence-corrected chi connectivity index (χ4v) is 11.4. The molecule has 15 heteroatoms. The van der Waals surface area contributed by atoms with Crippen LogP contribution >= 0.6 is 23.1 Å². The third kappa shape index (κ3) is 5.70. The van der Waals surface area contributed by atoms with Crippen molar-refractivity contribution >= 4 is 58.2 Å². The van der Waals surface area contributed by atoms with Crippen LogP contribution in [0.4, 0.5) is 24.5 Å². The van der Waals surface area contributed by atoms with Gasteiger partial charge in [0.1, 0.15) is 5.75 Å². The first-order chi connectivity index (χ1) is 24.9. The number of aromatic amines is 1. The minimum absolute atomic E-state index is 0.0961. The van der Waals surface area contributed by atoms with Crippen molar-refractivity contribution in [2.24, 2.45) is 29.6 Å². The standard InChI is InChI=1S/C37H30F3N3O7S2/c1-2-49-35(47)17-10-12-19(13-11-17)41-25(44)16-50-24-9-4-3-8-21(24)26-27-22-15-23(30(27)51-32-31(26)52-36(48)42-32)29-28(22)33(45)43(34(29)46)20-7-5-6-18(14-20)37(38,39)40/h3-14,22-23,26-30H,2,15-16H2,1H3,(H,41,44)(H,42,48)/t22-,23-,26-,27?,28?,29?,30?/m1/s1. The van der Waals surface area contributed by atoms with Crippen LogP contribution in [0.25, 0.3) is 0 Å². The lowest BCUT2D eigenvalue weighted by Crippen LogP contribution is -2.42. The molecule has 4 aromatic rings. The van der Waals surface area contributed by atoms with Crippen molar-refractivity contribution in [1.29, 1.82) is 0 Å². The van der Waals surface area contributed by atoms with E-state index in [9.17, 15) is 37.1 Å². The molecular formula is C37H30F3N3O7S2. The van der Waals surface area contributed by atoms with Crippen molar-refractivity contribution < 1.29 is 41.8 Å². The Morgan fingerprint density at radius 3 is 2.42 bits per heavy atom. The van der Waals surface area contributed by atoms with Crippen LogP contribution in [-0.2, 0) is 25.3 Å². The van der Waals surface area contributed by atoms with Crippen LogP contribution in [0.15, 0.2) is 82.6 Å². The number of amides is 3. The number of fused-ring (bicyclic) bond motifs is 9. The number of para-hydroxylation sites is 1. The molecule has 10 nitrogen and oxygen atoms in total. The van der Waals surface area contributed by atoms with E-state index in [2.05, 4.69) is 10.3 Å². The van der Waals surface area contributed by atoms with Gasteiger partial charge in [0.15, 0.2) is 6.61 Å². The summed E-state index contributed by atoms with van der Waals surface area (Å²) in [5, 5.41) is 3.26. The third-order valence-electron chi connectivity index (χ3n) is 10.4. The molecule has 8 rings (SSSR count). The van der Waals surface area contributed by atoms with Gasteiger partial charge in [-0.25, -0.2) is 4.79 Å². The quantitative estimate of drug-likeness (QED) is 0.158. The van der Waals surface area contributed by atoms with Gasteiger partial charge in [0.25, 0.3) is 5.91 Å². The number of carbonyl (C=O) groups excluding carboxylic acids is 4. The number of anilines is 2. The molecule has 0 spiro atoms. The fraction of sp³-hybridized carbons (Fsp3) is 0.324. The molecule has 2 bridgehead atoms. The van der Waals surface area contributed by atoms with Gasteiger partial charge in [-0.3, -0.25) is 24.1 Å². The lowest BCUT2D eigenvalue weighted by Gasteiger charge is -2.43. The van der Waals surface area contributed by atoms with E-state index in [0.717, 1.165) is 38.8 Å². The van der Waals surface area contributed by atoms with E-state index in [1.807, 2.05) is 12.1 Å². The summed E-state index contributed by atoms with van der Waals surface area (Å²) in [4.78, 5) is 70.1. The molecule has 2 aliphatic heterocycles. The van der Waals surface area contributed by atoms with E-state index in [1.165, 1.54) is 23.9 Å². The van der Waals surface area contributed by atoms with E-state index in [-0.39, 0.29) is 46.8 Å². The zero-order valence-electron chi connectivity index (χ0n) is 27.3. The average molecular weight is 750 g/mol. The smallest absolute Gasteiger partial charge is 0.416 e. The second-order valence-electron chi connectivity index (χ2n) is 13.2. The topological polar surface area (TPSA) is 135 Å². The van der Waals surface area contributed by atoms with E-state index < -0.39 is 53.2 Å².